The standard InChI is InChI=1S/C6H5N3OS/c7-6-8-5(9-11-6)4-2-1-3-10-4/h1-3H,(H2,7,8,9). The van der Waals surface area contributed by atoms with Gasteiger partial charge in [-0.2, -0.15) is 9.36 Å². The van der Waals surface area contributed by atoms with Crippen LogP contribution in [0, 0.1) is 0 Å². The second kappa shape index (κ2) is 2.35. The van der Waals surface area contributed by atoms with Gasteiger partial charge in [-0.3, -0.25) is 0 Å². The first-order valence-electron chi connectivity index (χ1n) is 2.99. The summed E-state index contributed by atoms with van der Waals surface area (Å²) in [6, 6.07) is 3.58. The van der Waals surface area contributed by atoms with Crippen LogP contribution in [-0.2, 0) is 0 Å². The number of aromatic nitrogens is 2. The van der Waals surface area contributed by atoms with Gasteiger partial charge in [0.25, 0.3) is 0 Å². The molecule has 0 aliphatic heterocycles. The summed E-state index contributed by atoms with van der Waals surface area (Å²) >= 11 is 1.16. The van der Waals surface area contributed by atoms with E-state index in [0.29, 0.717) is 16.7 Å². The average Bonchev–Trinajstić information content (AvgIpc) is 2.55. The Bertz CT molecular complexity index is 340. The Hall–Kier alpha value is -1.36. The molecule has 2 aromatic rings. The van der Waals surface area contributed by atoms with Gasteiger partial charge in [0.15, 0.2) is 10.9 Å². The van der Waals surface area contributed by atoms with Crippen LogP contribution in [0.25, 0.3) is 11.6 Å². The van der Waals surface area contributed by atoms with E-state index >= 15 is 0 Å². The van der Waals surface area contributed by atoms with Crippen molar-refractivity contribution in [1.29, 1.82) is 0 Å². The fraction of sp³-hybridized carbons (Fsp3) is 0. The number of furan rings is 1. The molecule has 2 N–H and O–H groups in total. The van der Waals surface area contributed by atoms with Crippen LogP contribution < -0.4 is 5.73 Å². The zero-order chi connectivity index (χ0) is 7.68. The zero-order valence-electron chi connectivity index (χ0n) is 5.52. The van der Waals surface area contributed by atoms with Gasteiger partial charge < -0.3 is 10.2 Å². The van der Waals surface area contributed by atoms with Gasteiger partial charge in [-0.1, -0.05) is 0 Å². The lowest BCUT2D eigenvalue weighted by Crippen LogP contribution is -1.81. The smallest absolute Gasteiger partial charge is 0.210 e. The van der Waals surface area contributed by atoms with E-state index in [1.807, 2.05) is 0 Å². The van der Waals surface area contributed by atoms with E-state index < -0.39 is 0 Å². The van der Waals surface area contributed by atoms with Crippen molar-refractivity contribution in [1.82, 2.24) is 9.36 Å². The monoisotopic (exact) mass is 167 g/mol. The van der Waals surface area contributed by atoms with Crippen LogP contribution in [0.1, 0.15) is 0 Å². The van der Waals surface area contributed by atoms with Crippen molar-refractivity contribution in [2.75, 3.05) is 5.73 Å². The normalized spacial score (nSPS) is 10.2. The van der Waals surface area contributed by atoms with Crippen molar-refractivity contribution in [3.63, 3.8) is 0 Å². The molecule has 2 aromatic heterocycles. The second-order valence-electron chi connectivity index (χ2n) is 1.93. The molecule has 11 heavy (non-hydrogen) atoms. The first kappa shape index (κ1) is 6.36. The Morgan fingerprint density at radius 1 is 1.55 bits per heavy atom. The van der Waals surface area contributed by atoms with Crippen LogP contribution in [0.3, 0.4) is 0 Å². The van der Waals surface area contributed by atoms with Crippen LogP contribution in [0.2, 0.25) is 0 Å². The van der Waals surface area contributed by atoms with Crippen LogP contribution >= 0.6 is 11.5 Å². The van der Waals surface area contributed by atoms with Gasteiger partial charge in [-0.15, -0.1) is 0 Å². The minimum atomic E-state index is 0.455. The molecule has 5 heteroatoms. The molecule has 56 valence electrons. The van der Waals surface area contributed by atoms with Gasteiger partial charge in [0.05, 0.1) is 6.26 Å². The van der Waals surface area contributed by atoms with Gasteiger partial charge in [-0.25, -0.2) is 0 Å². The molecule has 0 radical (unpaired) electrons. The minimum absolute atomic E-state index is 0.455. The van der Waals surface area contributed by atoms with E-state index in [9.17, 15) is 0 Å². The van der Waals surface area contributed by atoms with E-state index in [4.69, 9.17) is 10.2 Å². The van der Waals surface area contributed by atoms with Crippen molar-refractivity contribution < 1.29 is 4.42 Å². The lowest BCUT2D eigenvalue weighted by Gasteiger charge is -1.82. The molecule has 4 nitrogen and oxygen atoms in total. The van der Waals surface area contributed by atoms with Gasteiger partial charge in [0, 0.05) is 11.5 Å². The van der Waals surface area contributed by atoms with Gasteiger partial charge in [0.1, 0.15) is 0 Å². The SMILES string of the molecule is Nc1nc(-c2ccco2)ns1. The highest BCUT2D eigenvalue weighted by Gasteiger charge is 2.05. The Morgan fingerprint density at radius 3 is 3.00 bits per heavy atom. The molecule has 0 spiro atoms. The first-order valence-corrected chi connectivity index (χ1v) is 3.76. The largest absolute Gasteiger partial charge is 0.461 e. The maximum Gasteiger partial charge on any atom is 0.210 e. The van der Waals surface area contributed by atoms with E-state index in [2.05, 4.69) is 9.36 Å². The lowest BCUT2D eigenvalue weighted by atomic mass is 10.4. The van der Waals surface area contributed by atoms with Gasteiger partial charge in [-0.05, 0) is 12.1 Å². The molecule has 0 bridgehead atoms. The van der Waals surface area contributed by atoms with Crippen molar-refractivity contribution in [3.8, 4) is 11.6 Å². The third kappa shape index (κ3) is 1.10. The van der Waals surface area contributed by atoms with Crippen LogP contribution in [0.5, 0.6) is 0 Å². The summed E-state index contributed by atoms with van der Waals surface area (Å²) in [7, 11) is 0. The number of anilines is 1. The molecule has 0 unspecified atom stereocenters. The maximum atomic E-state index is 5.39. The highest BCUT2D eigenvalue weighted by molar-refractivity contribution is 7.09. The molecule has 0 aliphatic rings. The molecule has 2 heterocycles. The van der Waals surface area contributed by atoms with Gasteiger partial charge >= 0.3 is 0 Å². The summed E-state index contributed by atoms with van der Waals surface area (Å²) in [4.78, 5) is 3.94. The van der Waals surface area contributed by atoms with E-state index in [-0.39, 0.29) is 0 Å². The van der Waals surface area contributed by atoms with Crippen LogP contribution in [-0.4, -0.2) is 9.36 Å². The van der Waals surface area contributed by atoms with Crippen LogP contribution in [0.15, 0.2) is 22.8 Å². The third-order valence-corrected chi connectivity index (χ3v) is 1.73. The van der Waals surface area contributed by atoms with Crippen molar-refractivity contribution in [2.24, 2.45) is 0 Å². The Balaban J connectivity index is 2.45. The summed E-state index contributed by atoms with van der Waals surface area (Å²) in [5, 5.41) is 0.455. The average molecular weight is 167 g/mol. The lowest BCUT2D eigenvalue weighted by molar-refractivity contribution is 0.578. The number of nitrogens with two attached hydrogens (primary N) is 1. The Kier molecular flexibility index (Phi) is 1.36. The summed E-state index contributed by atoms with van der Waals surface area (Å²) in [6.45, 7) is 0. The predicted molar refractivity (Wildman–Crippen MR) is 42.0 cm³/mol. The van der Waals surface area contributed by atoms with E-state index in [1.165, 1.54) is 0 Å². The maximum absolute atomic E-state index is 5.39. The second-order valence-corrected chi connectivity index (χ2v) is 2.72. The summed E-state index contributed by atoms with van der Waals surface area (Å²) in [6.07, 6.45) is 1.58. The molecular weight excluding hydrogens is 162 g/mol. The zero-order valence-corrected chi connectivity index (χ0v) is 6.34. The van der Waals surface area contributed by atoms with Crippen LogP contribution in [0.4, 0.5) is 5.13 Å². The summed E-state index contributed by atoms with van der Waals surface area (Å²) < 4.78 is 9.03. The molecule has 0 atom stereocenters. The highest BCUT2D eigenvalue weighted by Crippen LogP contribution is 2.18. The number of rotatable bonds is 1. The molecular formula is C6H5N3OS. The molecule has 0 aliphatic carbocycles. The number of hydrogen-bond donors (Lipinski definition) is 1. The molecule has 0 fully saturated rings. The molecule has 0 amide bonds. The van der Waals surface area contributed by atoms with E-state index in [1.54, 1.807) is 18.4 Å². The minimum Gasteiger partial charge on any atom is -0.461 e. The van der Waals surface area contributed by atoms with Crippen molar-refractivity contribution >= 4 is 16.7 Å². The van der Waals surface area contributed by atoms with Crippen molar-refractivity contribution in [3.05, 3.63) is 18.4 Å². The first-order chi connectivity index (χ1) is 5.36. The topological polar surface area (TPSA) is 64.9 Å². The quantitative estimate of drug-likeness (QED) is 0.696. The fourth-order valence-corrected chi connectivity index (χ4v) is 1.18. The Labute approximate surface area is 66.8 Å². The molecule has 0 aromatic carbocycles. The molecule has 0 saturated carbocycles. The summed E-state index contributed by atoms with van der Waals surface area (Å²) in [5.74, 6) is 1.20. The third-order valence-electron chi connectivity index (χ3n) is 1.18. The Morgan fingerprint density at radius 2 is 2.45 bits per heavy atom. The number of hydrogen-bond acceptors (Lipinski definition) is 5. The van der Waals surface area contributed by atoms with Gasteiger partial charge in [0.2, 0.25) is 5.82 Å². The number of nitrogens with zero attached hydrogens (tertiary/aromatic N) is 2. The molecule has 0 saturated heterocycles. The molecule has 2 rings (SSSR count). The summed E-state index contributed by atoms with van der Waals surface area (Å²) in [5.41, 5.74) is 5.39. The number of nitrogen functional groups attached to an aromatic ring is 1. The fourth-order valence-electron chi connectivity index (χ4n) is 0.741. The van der Waals surface area contributed by atoms with Crippen molar-refractivity contribution in [2.45, 2.75) is 0 Å². The highest BCUT2D eigenvalue weighted by atomic mass is 32.1. The predicted octanol–water partition coefficient (Wildman–Crippen LogP) is 1.38. The van der Waals surface area contributed by atoms with E-state index in [0.717, 1.165) is 11.5 Å².